The molecule has 1 rings (SSSR count). The SMILES string of the molecule is CC(C)NS(=O)(=O)N1CCCCCC1CO. The van der Waals surface area contributed by atoms with Crippen LogP contribution in [0.3, 0.4) is 0 Å². The maximum atomic E-state index is 12.0. The van der Waals surface area contributed by atoms with Crippen LogP contribution in [-0.4, -0.2) is 43.1 Å². The summed E-state index contributed by atoms with van der Waals surface area (Å²) in [6, 6.07) is -0.383. The zero-order chi connectivity index (χ0) is 12.2. The Morgan fingerprint density at radius 2 is 2.06 bits per heavy atom. The van der Waals surface area contributed by atoms with Gasteiger partial charge in [0.25, 0.3) is 10.2 Å². The molecule has 5 nitrogen and oxygen atoms in total. The molecule has 2 N–H and O–H groups in total. The average Bonchev–Trinajstić information content (AvgIpc) is 2.40. The monoisotopic (exact) mass is 250 g/mol. The minimum absolute atomic E-state index is 0.0982. The smallest absolute Gasteiger partial charge is 0.280 e. The van der Waals surface area contributed by atoms with Crippen molar-refractivity contribution in [3.63, 3.8) is 0 Å². The fourth-order valence-corrected chi connectivity index (χ4v) is 3.68. The standard InChI is InChI=1S/C10H22N2O3S/c1-9(2)11-16(14,15)12-7-5-3-4-6-10(12)8-13/h9-11,13H,3-8H2,1-2H3. The zero-order valence-electron chi connectivity index (χ0n) is 10.0. The van der Waals surface area contributed by atoms with Crippen LogP contribution in [0.25, 0.3) is 0 Å². The highest BCUT2D eigenvalue weighted by Crippen LogP contribution is 2.19. The van der Waals surface area contributed by atoms with E-state index in [0.29, 0.717) is 6.54 Å². The summed E-state index contributed by atoms with van der Waals surface area (Å²) < 4.78 is 28.0. The van der Waals surface area contributed by atoms with Gasteiger partial charge in [-0.2, -0.15) is 17.4 Å². The Balaban J connectivity index is 2.80. The van der Waals surface area contributed by atoms with Gasteiger partial charge in [-0.25, -0.2) is 0 Å². The molecule has 1 fully saturated rings. The minimum atomic E-state index is -3.44. The van der Waals surface area contributed by atoms with Gasteiger partial charge in [0.1, 0.15) is 0 Å². The Bertz CT molecular complexity index is 303. The Labute approximate surface area is 98.0 Å². The van der Waals surface area contributed by atoms with Crippen LogP contribution in [0.5, 0.6) is 0 Å². The van der Waals surface area contributed by atoms with Crippen molar-refractivity contribution in [1.82, 2.24) is 9.03 Å². The molecule has 0 saturated carbocycles. The lowest BCUT2D eigenvalue weighted by atomic mass is 10.1. The van der Waals surface area contributed by atoms with E-state index in [2.05, 4.69) is 4.72 Å². The Hall–Kier alpha value is -0.170. The molecule has 16 heavy (non-hydrogen) atoms. The maximum absolute atomic E-state index is 12.0. The maximum Gasteiger partial charge on any atom is 0.280 e. The quantitative estimate of drug-likeness (QED) is 0.762. The summed E-state index contributed by atoms with van der Waals surface area (Å²) in [5.41, 5.74) is 0. The van der Waals surface area contributed by atoms with Gasteiger partial charge in [0, 0.05) is 18.6 Å². The van der Waals surface area contributed by atoms with Gasteiger partial charge in [-0.15, -0.1) is 0 Å². The third-order valence-electron chi connectivity index (χ3n) is 2.73. The molecule has 1 unspecified atom stereocenters. The minimum Gasteiger partial charge on any atom is -0.395 e. The van der Waals surface area contributed by atoms with Crippen LogP contribution >= 0.6 is 0 Å². The van der Waals surface area contributed by atoms with Crippen LogP contribution in [0.2, 0.25) is 0 Å². The van der Waals surface area contributed by atoms with Crippen molar-refractivity contribution in [2.45, 2.75) is 51.6 Å². The van der Waals surface area contributed by atoms with Crippen molar-refractivity contribution >= 4 is 10.2 Å². The molecule has 0 radical (unpaired) electrons. The predicted molar refractivity (Wildman–Crippen MR) is 63.2 cm³/mol. The predicted octanol–water partition coefficient (Wildman–Crippen LogP) is 0.466. The number of hydrogen-bond donors (Lipinski definition) is 2. The first-order valence-electron chi connectivity index (χ1n) is 5.87. The van der Waals surface area contributed by atoms with E-state index in [0.717, 1.165) is 25.7 Å². The van der Waals surface area contributed by atoms with E-state index >= 15 is 0 Å². The van der Waals surface area contributed by atoms with E-state index in [1.165, 1.54) is 4.31 Å². The lowest BCUT2D eigenvalue weighted by molar-refractivity contribution is 0.185. The van der Waals surface area contributed by atoms with Crippen molar-refractivity contribution < 1.29 is 13.5 Å². The van der Waals surface area contributed by atoms with E-state index in [1.54, 1.807) is 13.8 Å². The fourth-order valence-electron chi connectivity index (χ4n) is 2.02. The van der Waals surface area contributed by atoms with Gasteiger partial charge in [0.2, 0.25) is 0 Å². The normalized spacial score (nSPS) is 24.6. The van der Waals surface area contributed by atoms with Gasteiger partial charge in [-0.3, -0.25) is 0 Å². The second-order valence-corrected chi connectivity index (χ2v) is 6.23. The van der Waals surface area contributed by atoms with Crippen LogP contribution in [0.15, 0.2) is 0 Å². The first kappa shape index (κ1) is 13.9. The lowest BCUT2D eigenvalue weighted by Crippen LogP contribution is -2.49. The number of rotatable bonds is 4. The third-order valence-corrected chi connectivity index (χ3v) is 4.59. The molecule has 1 saturated heterocycles. The highest BCUT2D eigenvalue weighted by Gasteiger charge is 2.30. The van der Waals surface area contributed by atoms with Gasteiger partial charge in [-0.05, 0) is 26.7 Å². The highest BCUT2D eigenvalue weighted by atomic mass is 32.2. The summed E-state index contributed by atoms with van der Waals surface area (Å²) in [6.07, 6.45) is 3.63. The first-order chi connectivity index (χ1) is 7.47. The molecule has 6 heteroatoms. The molecule has 1 aliphatic rings. The molecule has 0 bridgehead atoms. The zero-order valence-corrected chi connectivity index (χ0v) is 10.8. The van der Waals surface area contributed by atoms with Crippen molar-refractivity contribution in [1.29, 1.82) is 0 Å². The molecule has 0 amide bonds. The van der Waals surface area contributed by atoms with Gasteiger partial charge in [-0.1, -0.05) is 12.8 Å². The molecule has 1 heterocycles. The van der Waals surface area contributed by atoms with E-state index in [9.17, 15) is 13.5 Å². The largest absolute Gasteiger partial charge is 0.395 e. The van der Waals surface area contributed by atoms with Crippen molar-refractivity contribution in [3.8, 4) is 0 Å². The summed E-state index contributed by atoms with van der Waals surface area (Å²) in [6.45, 7) is 4.00. The number of aliphatic hydroxyl groups is 1. The van der Waals surface area contributed by atoms with Crippen molar-refractivity contribution in [2.24, 2.45) is 0 Å². The topological polar surface area (TPSA) is 69.6 Å². The Kier molecular flexibility index (Phi) is 5.17. The van der Waals surface area contributed by atoms with Crippen LogP contribution in [0, 0.1) is 0 Å². The van der Waals surface area contributed by atoms with Crippen LogP contribution in [0.4, 0.5) is 0 Å². The van der Waals surface area contributed by atoms with Gasteiger partial charge in [0.05, 0.1) is 6.61 Å². The van der Waals surface area contributed by atoms with Gasteiger partial charge < -0.3 is 5.11 Å². The molecule has 1 aliphatic heterocycles. The van der Waals surface area contributed by atoms with Crippen molar-refractivity contribution in [3.05, 3.63) is 0 Å². The number of hydrogen-bond acceptors (Lipinski definition) is 3. The molecule has 0 aromatic heterocycles. The molecule has 0 spiro atoms. The number of nitrogens with zero attached hydrogens (tertiary/aromatic N) is 1. The Morgan fingerprint density at radius 1 is 1.38 bits per heavy atom. The molecule has 96 valence electrons. The second kappa shape index (κ2) is 5.95. The van der Waals surface area contributed by atoms with E-state index in [4.69, 9.17) is 0 Å². The number of aliphatic hydroxyl groups excluding tert-OH is 1. The second-order valence-electron chi connectivity index (χ2n) is 4.57. The Morgan fingerprint density at radius 3 is 2.62 bits per heavy atom. The molecular formula is C10H22N2O3S. The van der Waals surface area contributed by atoms with Crippen LogP contribution in [-0.2, 0) is 10.2 Å². The first-order valence-corrected chi connectivity index (χ1v) is 7.31. The summed E-state index contributed by atoms with van der Waals surface area (Å²) in [5, 5.41) is 9.25. The molecule has 1 atom stereocenters. The fraction of sp³-hybridized carbons (Fsp3) is 1.00. The molecule has 0 aliphatic carbocycles. The summed E-state index contributed by atoms with van der Waals surface area (Å²) in [7, 11) is -3.44. The highest BCUT2D eigenvalue weighted by molar-refractivity contribution is 7.87. The average molecular weight is 250 g/mol. The van der Waals surface area contributed by atoms with E-state index in [-0.39, 0.29) is 18.7 Å². The molecule has 0 aromatic carbocycles. The lowest BCUT2D eigenvalue weighted by Gasteiger charge is -2.28. The van der Waals surface area contributed by atoms with Crippen molar-refractivity contribution in [2.75, 3.05) is 13.2 Å². The summed E-state index contributed by atoms with van der Waals surface area (Å²) in [4.78, 5) is 0. The summed E-state index contributed by atoms with van der Waals surface area (Å²) >= 11 is 0. The number of nitrogens with one attached hydrogen (secondary N) is 1. The van der Waals surface area contributed by atoms with Gasteiger partial charge >= 0.3 is 0 Å². The van der Waals surface area contributed by atoms with Gasteiger partial charge in [0.15, 0.2) is 0 Å². The van der Waals surface area contributed by atoms with E-state index < -0.39 is 10.2 Å². The summed E-state index contributed by atoms with van der Waals surface area (Å²) in [5.74, 6) is 0. The molecule has 0 aromatic rings. The van der Waals surface area contributed by atoms with E-state index in [1.807, 2.05) is 0 Å². The van der Waals surface area contributed by atoms with Crippen LogP contribution in [0.1, 0.15) is 39.5 Å². The molecular weight excluding hydrogens is 228 g/mol. The van der Waals surface area contributed by atoms with Crippen LogP contribution < -0.4 is 4.72 Å². The third kappa shape index (κ3) is 3.69.